The third-order valence-electron chi connectivity index (χ3n) is 3.79. The number of hydrogen-bond donors (Lipinski definition) is 0. The summed E-state index contributed by atoms with van der Waals surface area (Å²) < 4.78 is 13.2. The van der Waals surface area contributed by atoms with E-state index in [-0.39, 0.29) is 5.82 Å². The van der Waals surface area contributed by atoms with E-state index in [9.17, 15) is 4.39 Å². The van der Waals surface area contributed by atoms with Crippen LogP contribution >= 0.6 is 11.6 Å². The van der Waals surface area contributed by atoms with Gasteiger partial charge in [-0.05, 0) is 17.7 Å². The van der Waals surface area contributed by atoms with E-state index in [2.05, 4.69) is 19.8 Å². The Labute approximate surface area is 138 Å². The summed E-state index contributed by atoms with van der Waals surface area (Å²) in [6.45, 7) is 3.89. The molecule has 0 spiro atoms. The van der Waals surface area contributed by atoms with Crippen molar-refractivity contribution in [1.82, 2.24) is 14.9 Å². The van der Waals surface area contributed by atoms with Gasteiger partial charge in [0, 0.05) is 45.1 Å². The third kappa shape index (κ3) is 3.76. The first-order valence-corrected chi connectivity index (χ1v) is 7.66. The van der Waals surface area contributed by atoms with Gasteiger partial charge in [0.25, 0.3) is 0 Å². The molecule has 118 valence electrons. The molecule has 23 heavy (non-hydrogen) atoms. The summed E-state index contributed by atoms with van der Waals surface area (Å²) in [6, 6.07) is 5.17. The molecular formula is C16H15ClFN5. The molecule has 0 unspecified atom stereocenters. The Morgan fingerprint density at radius 1 is 1.17 bits per heavy atom. The summed E-state index contributed by atoms with van der Waals surface area (Å²) in [4.78, 5) is 12.5. The average Bonchev–Trinajstić information content (AvgIpc) is 2.56. The SMILES string of the molecule is N#Cc1cnc(N2CCN(Cc3cncc(F)c3)CC2)c(Cl)c1. The van der Waals surface area contributed by atoms with Gasteiger partial charge in [0.15, 0.2) is 0 Å². The Morgan fingerprint density at radius 2 is 1.96 bits per heavy atom. The normalized spacial score (nSPS) is 15.4. The van der Waals surface area contributed by atoms with Gasteiger partial charge in [0.1, 0.15) is 17.7 Å². The maximum atomic E-state index is 13.2. The summed E-state index contributed by atoms with van der Waals surface area (Å²) >= 11 is 6.21. The first kappa shape index (κ1) is 15.7. The molecule has 1 saturated heterocycles. The van der Waals surface area contributed by atoms with Gasteiger partial charge in [-0.1, -0.05) is 11.6 Å². The molecule has 0 atom stereocenters. The van der Waals surface area contributed by atoms with Crippen molar-refractivity contribution in [1.29, 1.82) is 5.26 Å². The van der Waals surface area contributed by atoms with E-state index in [1.165, 1.54) is 18.5 Å². The number of hydrogen-bond acceptors (Lipinski definition) is 5. The van der Waals surface area contributed by atoms with E-state index in [1.807, 2.05) is 6.07 Å². The van der Waals surface area contributed by atoms with Crippen LogP contribution in [-0.4, -0.2) is 41.0 Å². The molecule has 0 bridgehead atoms. The quantitative estimate of drug-likeness (QED) is 0.864. The van der Waals surface area contributed by atoms with Crippen LogP contribution in [0.5, 0.6) is 0 Å². The fourth-order valence-corrected chi connectivity index (χ4v) is 2.93. The molecule has 2 aromatic heterocycles. The Hall–Kier alpha value is -2.23. The molecule has 3 rings (SSSR count). The zero-order valence-electron chi connectivity index (χ0n) is 12.4. The maximum absolute atomic E-state index is 13.2. The van der Waals surface area contributed by atoms with Gasteiger partial charge in [-0.3, -0.25) is 9.88 Å². The van der Waals surface area contributed by atoms with Crippen LogP contribution in [0.25, 0.3) is 0 Å². The summed E-state index contributed by atoms with van der Waals surface area (Å²) in [7, 11) is 0. The molecule has 0 saturated carbocycles. The van der Waals surface area contributed by atoms with Crippen molar-refractivity contribution >= 4 is 17.4 Å². The van der Waals surface area contributed by atoms with E-state index >= 15 is 0 Å². The summed E-state index contributed by atoms with van der Waals surface area (Å²) in [5, 5.41) is 9.35. The number of aromatic nitrogens is 2. The molecule has 0 aliphatic carbocycles. The zero-order chi connectivity index (χ0) is 16.2. The predicted octanol–water partition coefficient (Wildman–Crippen LogP) is 2.46. The Balaban J connectivity index is 1.61. The second-order valence-corrected chi connectivity index (χ2v) is 5.82. The monoisotopic (exact) mass is 331 g/mol. The first-order chi connectivity index (χ1) is 11.2. The Bertz CT molecular complexity index is 737. The number of piperazine rings is 1. The minimum absolute atomic E-state index is 0.310. The van der Waals surface area contributed by atoms with Crippen LogP contribution in [0.3, 0.4) is 0 Å². The predicted molar refractivity (Wildman–Crippen MR) is 85.6 cm³/mol. The molecule has 3 heterocycles. The fourth-order valence-electron chi connectivity index (χ4n) is 2.64. The number of halogens is 2. The standard InChI is InChI=1S/C16H15ClFN5/c17-15-6-12(7-19)9-21-16(15)23-3-1-22(2-4-23)11-13-5-14(18)10-20-8-13/h5-6,8-10H,1-4,11H2. The van der Waals surface area contributed by atoms with Crippen LogP contribution in [0, 0.1) is 17.1 Å². The molecule has 1 fully saturated rings. The van der Waals surface area contributed by atoms with Crippen LogP contribution in [-0.2, 0) is 6.54 Å². The Morgan fingerprint density at radius 3 is 2.61 bits per heavy atom. The largest absolute Gasteiger partial charge is 0.353 e. The van der Waals surface area contributed by atoms with Gasteiger partial charge in [0.05, 0.1) is 16.8 Å². The van der Waals surface area contributed by atoms with Crippen molar-refractivity contribution in [2.45, 2.75) is 6.54 Å². The molecule has 0 amide bonds. The highest BCUT2D eigenvalue weighted by atomic mass is 35.5. The van der Waals surface area contributed by atoms with E-state index in [1.54, 1.807) is 12.3 Å². The molecular weight excluding hydrogens is 317 g/mol. The first-order valence-electron chi connectivity index (χ1n) is 7.28. The molecule has 0 aromatic carbocycles. The lowest BCUT2D eigenvalue weighted by atomic mass is 10.2. The molecule has 0 radical (unpaired) electrons. The Kier molecular flexibility index (Phi) is 4.70. The van der Waals surface area contributed by atoms with Crippen LogP contribution in [0.15, 0.2) is 30.7 Å². The molecule has 1 aliphatic heterocycles. The fraction of sp³-hybridized carbons (Fsp3) is 0.312. The van der Waals surface area contributed by atoms with Gasteiger partial charge in [-0.15, -0.1) is 0 Å². The number of anilines is 1. The highest BCUT2D eigenvalue weighted by molar-refractivity contribution is 6.33. The zero-order valence-corrected chi connectivity index (χ0v) is 13.2. The molecule has 2 aromatic rings. The summed E-state index contributed by atoms with van der Waals surface area (Å²) in [6.07, 6.45) is 4.43. The smallest absolute Gasteiger partial charge is 0.147 e. The summed E-state index contributed by atoms with van der Waals surface area (Å²) in [5.74, 6) is 0.396. The highest BCUT2D eigenvalue weighted by Gasteiger charge is 2.20. The number of pyridine rings is 2. The van der Waals surface area contributed by atoms with Crippen molar-refractivity contribution in [2.75, 3.05) is 31.1 Å². The van der Waals surface area contributed by atoms with E-state index in [4.69, 9.17) is 16.9 Å². The minimum Gasteiger partial charge on any atom is -0.353 e. The van der Waals surface area contributed by atoms with E-state index in [0.717, 1.165) is 31.7 Å². The van der Waals surface area contributed by atoms with Gasteiger partial charge >= 0.3 is 0 Å². The third-order valence-corrected chi connectivity index (χ3v) is 4.07. The lowest BCUT2D eigenvalue weighted by Gasteiger charge is -2.35. The minimum atomic E-state index is -0.310. The van der Waals surface area contributed by atoms with Gasteiger partial charge in [-0.2, -0.15) is 5.26 Å². The second kappa shape index (κ2) is 6.90. The second-order valence-electron chi connectivity index (χ2n) is 5.42. The van der Waals surface area contributed by atoms with Gasteiger partial charge < -0.3 is 4.90 Å². The maximum Gasteiger partial charge on any atom is 0.147 e. The van der Waals surface area contributed by atoms with Crippen LogP contribution < -0.4 is 4.90 Å². The number of nitriles is 1. The molecule has 1 aliphatic rings. The molecule has 7 heteroatoms. The summed E-state index contributed by atoms with van der Waals surface area (Å²) in [5.41, 5.74) is 1.32. The van der Waals surface area contributed by atoms with Gasteiger partial charge in [0.2, 0.25) is 0 Å². The van der Waals surface area contributed by atoms with Crippen LogP contribution in [0.1, 0.15) is 11.1 Å². The van der Waals surface area contributed by atoms with Gasteiger partial charge in [-0.25, -0.2) is 9.37 Å². The van der Waals surface area contributed by atoms with Crippen molar-refractivity contribution < 1.29 is 4.39 Å². The lowest BCUT2D eigenvalue weighted by Crippen LogP contribution is -2.46. The molecule has 0 N–H and O–H groups in total. The van der Waals surface area contributed by atoms with Crippen molar-refractivity contribution in [2.24, 2.45) is 0 Å². The molecule has 5 nitrogen and oxygen atoms in total. The van der Waals surface area contributed by atoms with E-state index < -0.39 is 0 Å². The topological polar surface area (TPSA) is 56.1 Å². The lowest BCUT2D eigenvalue weighted by molar-refractivity contribution is 0.249. The van der Waals surface area contributed by atoms with Crippen molar-refractivity contribution in [3.63, 3.8) is 0 Å². The van der Waals surface area contributed by atoms with E-state index in [0.29, 0.717) is 22.9 Å². The van der Waals surface area contributed by atoms with Crippen molar-refractivity contribution in [3.8, 4) is 6.07 Å². The van der Waals surface area contributed by atoms with Crippen LogP contribution in [0.2, 0.25) is 5.02 Å². The number of rotatable bonds is 3. The van der Waals surface area contributed by atoms with Crippen LogP contribution in [0.4, 0.5) is 10.2 Å². The average molecular weight is 332 g/mol. The highest BCUT2D eigenvalue weighted by Crippen LogP contribution is 2.25. The van der Waals surface area contributed by atoms with Crippen molar-refractivity contribution in [3.05, 3.63) is 52.7 Å². The number of nitrogens with zero attached hydrogens (tertiary/aromatic N) is 5.